The molecule has 5 nitrogen and oxygen atoms in total. The first-order valence-corrected chi connectivity index (χ1v) is 14.2. The van der Waals surface area contributed by atoms with Gasteiger partial charge in [-0.1, -0.05) is 58.4 Å². The van der Waals surface area contributed by atoms with Crippen molar-refractivity contribution in [2.75, 3.05) is 26.2 Å². The number of unbranched alkanes of at least 4 members (excludes halogenated alkanes) is 1. The van der Waals surface area contributed by atoms with Crippen molar-refractivity contribution in [1.29, 1.82) is 0 Å². The van der Waals surface area contributed by atoms with Gasteiger partial charge in [-0.05, 0) is 79.7 Å². The molecule has 0 saturated carbocycles. The van der Waals surface area contributed by atoms with Crippen LogP contribution in [-0.4, -0.2) is 40.7 Å². The minimum absolute atomic E-state index is 0.119. The maximum Gasteiger partial charge on any atom is 0.144 e. The summed E-state index contributed by atoms with van der Waals surface area (Å²) >= 11 is 0. The van der Waals surface area contributed by atoms with E-state index in [9.17, 15) is 0 Å². The molecule has 0 radical (unpaired) electrons. The van der Waals surface area contributed by atoms with Crippen molar-refractivity contribution >= 4 is 11.0 Å². The molecule has 5 heteroatoms. The molecule has 1 aliphatic rings. The van der Waals surface area contributed by atoms with E-state index in [1.54, 1.807) is 0 Å². The summed E-state index contributed by atoms with van der Waals surface area (Å²) in [5.74, 6) is 3.52. The molecule has 0 atom stereocenters. The quantitative estimate of drug-likeness (QED) is 0.216. The number of aromatic nitrogens is 2. The molecule has 1 fully saturated rings. The van der Waals surface area contributed by atoms with Gasteiger partial charge < -0.3 is 14.0 Å². The standard InChI is InChI=1S/C33H41N3O2/c1-5-6-21-36-30-24-27(38-26-15-13-25(14-16-26)33(2,3)4)17-18-29(30)34-32(36)28-11-7-8-12-31(28)37-23-22-35-19-9-10-20-35/h7-8,11-18,24H,5-6,9-10,19-23H2,1-4H3. The molecule has 2 heterocycles. The van der Waals surface area contributed by atoms with E-state index in [1.165, 1.54) is 31.5 Å². The average molecular weight is 512 g/mol. The molecule has 1 aliphatic heterocycles. The summed E-state index contributed by atoms with van der Waals surface area (Å²) in [5, 5.41) is 0. The fourth-order valence-electron chi connectivity index (χ4n) is 5.14. The van der Waals surface area contributed by atoms with Crippen LogP contribution >= 0.6 is 0 Å². The van der Waals surface area contributed by atoms with E-state index in [2.05, 4.69) is 91.8 Å². The zero-order chi connectivity index (χ0) is 26.5. The largest absolute Gasteiger partial charge is 0.491 e. The monoisotopic (exact) mass is 511 g/mol. The van der Waals surface area contributed by atoms with Crippen molar-refractivity contribution in [3.05, 3.63) is 72.3 Å². The third kappa shape index (κ3) is 6.05. The van der Waals surface area contributed by atoms with Crippen LogP contribution in [0.25, 0.3) is 22.4 Å². The van der Waals surface area contributed by atoms with Gasteiger partial charge in [0, 0.05) is 19.2 Å². The molecule has 3 aromatic carbocycles. The molecule has 0 aliphatic carbocycles. The lowest BCUT2D eigenvalue weighted by Gasteiger charge is -2.19. The predicted molar refractivity (Wildman–Crippen MR) is 156 cm³/mol. The number of rotatable bonds is 10. The van der Waals surface area contributed by atoms with Gasteiger partial charge in [0.05, 0.1) is 16.6 Å². The Morgan fingerprint density at radius 1 is 0.868 bits per heavy atom. The fraction of sp³-hybridized carbons (Fsp3) is 0.424. The molecule has 5 rings (SSSR count). The molecule has 1 saturated heterocycles. The molecular formula is C33H41N3O2. The van der Waals surface area contributed by atoms with Crippen LogP contribution in [0.15, 0.2) is 66.7 Å². The second-order valence-corrected chi connectivity index (χ2v) is 11.4. The van der Waals surface area contributed by atoms with Crippen molar-refractivity contribution in [3.8, 4) is 28.6 Å². The number of likely N-dealkylation sites (tertiary alicyclic amines) is 1. The number of para-hydroxylation sites is 1. The number of hydrogen-bond donors (Lipinski definition) is 0. The van der Waals surface area contributed by atoms with Crippen LogP contribution in [0, 0.1) is 0 Å². The lowest BCUT2D eigenvalue weighted by Crippen LogP contribution is -2.25. The average Bonchev–Trinajstić information content (AvgIpc) is 3.55. The molecule has 0 bridgehead atoms. The van der Waals surface area contributed by atoms with E-state index >= 15 is 0 Å². The molecule has 0 amide bonds. The van der Waals surface area contributed by atoms with Gasteiger partial charge >= 0.3 is 0 Å². The van der Waals surface area contributed by atoms with Crippen molar-refractivity contribution in [2.45, 2.75) is 65.3 Å². The first-order valence-electron chi connectivity index (χ1n) is 14.2. The number of nitrogens with zero attached hydrogens (tertiary/aromatic N) is 3. The van der Waals surface area contributed by atoms with E-state index in [1.807, 2.05) is 12.1 Å². The van der Waals surface area contributed by atoms with E-state index in [0.717, 1.165) is 65.6 Å². The number of hydrogen-bond acceptors (Lipinski definition) is 4. The van der Waals surface area contributed by atoms with Gasteiger partial charge in [0.15, 0.2) is 0 Å². The van der Waals surface area contributed by atoms with Gasteiger partial charge in [0.25, 0.3) is 0 Å². The van der Waals surface area contributed by atoms with Crippen LogP contribution in [-0.2, 0) is 12.0 Å². The lowest BCUT2D eigenvalue weighted by molar-refractivity contribution is 0.238. The summed E-state index contributed by atoms with van der Waals surface area (Å²) in [6.45, 7) is 13.8. The van der Waals surface area contributed by atoms with Gasteiger partial charge in [-0.25, -0.2) is 4.98 Å². The molecule has 38 heavy (non-hydrogen) atoms. The van der Waals surface area contributed by atoms with Crippen molar-refractivity contribution < 1.29 is 9.47 Å². The first-order chi connectivity index (χ1) is 18.4. The summed E-state index contributed by atoms with van der Waals surface area (Å²) in [6, 6.07) is 22.9. The predicted octanol–water partition coefficient (Wildman–Crippen LogP) is 8.07. The van der Waals surface area contributed by atoms with Crippen LogP contribution in [0.5, 0.6) is 17.2 Å². The molecule has 0 spiro atoms. The minimum atomic E-state index is 0.119. The number of ether oxygens (including phenoxy) is 2. The van der Waals surface area contributed by atoms with E-state index in [0.29, 0.717) is 6.61 Å². The smallest absolute Gasteiger partial charge is 0.144 e. The Morgan fingerprint density at radius 2 is 1.61 bits per heavy atom. The molecule has 0 unspecified atom stereocenters. The second-order valence-electron chi connectivity index (χ2n) is 11.4. The van der Waals surface area contributed by atoms with Crippen LogP contribution in [0.4, 0.5) is 0 Å². The third-order valence-electron chi connectivity index (χ3n) is 7.40. The van der Waals surface area contributed by atoms with E-state index in [4.69, 9.17) is 14.5 Å². The molecule has 4 aromatic rings. The van der Waals surface area contributed by atoms with E-state index < -0.39 is 0 Å². The zero-order valence-corrected chi connectivity index (χ0v) is 23.4. The maximum atomic E-state index is 6.33. The Hall–Kier alpha value is -3.31. The summed E-state index contributed by atoms with van der Waals surface area (Å²) in [6.07, 6.45) is 4.79. The summed E-state index contributed by atoms with van der Waals surface area (Å²) in [5.41, 5.74) is 4.52. The van der Waals surface area contributed by atoms with Gasteiger partial charge in [0.1, 0.15) is 29.7 Å². The second kappa shape index (κ2) is 11.6. The summed E-state index contributed by atoms with van der Waals surface area (Å²) in [7, 11) is 0. The zero-order valence-electron chi connectivity index (χ0n) is 23.4. The highest BCUT2D eigenvalue weighted by Gasteiger charge is 2.18. The highest BCUT2D eigenvalue weighted by Crippen LogP contribution is 2.35. The Morgan fingerprint density at radius 3 is 2.34 bits per heavy atom. The Balaban J connectivity index is 1.43. The molecular weight excluding hydrogens is 470 g/mol. The minimum Gasteiger partial charge on any atom is -0.491 e. The normalized spacial score (nSPS) is 14.3. The highest BCUT2D eigenvalue weighted by molar-refractivity contribution is 5.83. The Bertz CT molecular complexity index is 1350. The molecule has 0 N–H and O–H groups in total. The molecule has 200 valence electrons. The number of aryl methyl sites for hydroxylation is 1. The Kier molecular flexibility index (Phi) is 8.04. The SMILES string of the molecule is CCCCn1c(-c2ccccc2OCCN2CCCC2)nc2ccc(Oc3ccc(C(C)(C)C)cc3)cc21. The van der Waals surface area contributed by atoms with Gasteiger partial charge in [-0.15, -0.1) is 0 Å². The van der Waals surface area contributed by atoms with Crippen LogP contribution in [0.1, 0.15) is 58.9 Å². The van der Waals surface area contributed by atoms with Crippen LogP contribution in [0.2, 0.25) is 0 Å². The molecule has 1 aromatic heterocycles. The summed E-state index contributed by atoms with van der Waals surface area (Å²) in [4.78, 5) is 7.57. The first kappa shape index (κ1) is 26.3. The number of imidazole rings is 1. The topological polar surface area (TPSA) is 39.5 Å². The van der Waals surface area contributed by atoms with Gasteiger partial charge in [0.2, 0.25) is 0 Å². The number of fused-ring (bicyclic) bond motifs is 1. The van der Waals surface area contributed by atoms with Gasteiger partial charge in [-0.2, -0.15) is 0 Å². The highest BCUT2D eigenvalue weighted by atomic mass is 16.5. The van der Waals surface area contributed by atoms with Crippen molar-refractivity contribution in [3.63, 3.8) is 0 Å². The number of benzene rings is 3. The van der Waals surface area contributed by atoms with Crippen LogP contribution < -0.4 is 9.47 Å². The van der Waals surface area contributed by atoms with Crippen molar-refractivity contribution in [2.24, 2.45) is 0 Å². The van der Waals surface area contributed by atoms with Crippen LogP contribution in [0.3, 0.4) is 0 Å². The third-order valence-corrected chi connectivity index (χ3v) is 7.40. The van der Waals surface area contributed by atoms with Crippen molar-refractivity contribution in [1.82, 2.24) is 14.5 Å². The summed E-state index contributed by atoms with van der Waals surface area (Å²) < 4.78 is 14.9. The fourth-order valence-corrected chi connectivity index (χ4v) is 5.14. The maximum absolute atomic E-state index is 6.33. The van der Waals surface area contributed by atoms with E-state index in [-0.39, 0.29) is 5.41 Å². The van der Waals surface area contributed by atoms with Gasteiger partial charge in [-0.3, -0.25) is 4.90 Å². The Labute approximate surface area is 227 Å². The lowest BCUT2D eigenvalue weighted by atomic mass is 9.87.